The van der Waals surface area contributed by atoms with Crippen LogP contribution in [0.5, 0.6) is 0 Å². The van der Waals surface area contributed by atoms with E-state index < -0.39 is 40.2 Å². The molecule has 3 saturated heterocycles. The average Bonchev–Trinajstić information content (AvgIpc) is 3.51. The second-order valence-electron chi connectivity index (χ2n) is 14.0. The van der Waals surface area contributed by atoms with Crippen LogP contribution in [0.1, 0.15) is 59.9 Å². The van der Waals surface area contributed by atoms with Gasteiger partial charge in [0.1, 0.15) is 12.6 Å². The van der Waals surface area contributed by atoms with Crippen LogP contribution in [0, 0.1) is 23.2 Å². The molecule has 1 N–H and O–H groups in total. The van der Waals surface area contributed by atoms with E-state index in [4.69, 9.17) is 4.74 Å². The number of rotatable bonds is 12. The van der Waals surface area contributed by atoms with Gasteiger partial charge in [-0.2, -0.15) is 0 Å². The highest BCUT2D eigenvalue weighted by Gasteiger charge is 2.77. The number of esters is 1. The van der Waals surface area contributed by atoms with Gasteiger partial charge in [0, 0.05) is 17.3 Å². The SMILES string of the molecule is C=CCOC(=O)[C@@H]1[C@@H]2CC(C)C3(S2)C(C(=O)N(CC=C)C(C)(C)CC(C)(C)C)N([C@@H](CO)Cc2ccccc2)C(=O)[C@H]13. The normalized spacial score (nSPS) is 29.3. The third-order valence-electron chi connectivity index (χ3n) is 9.22. The highest BCUT2D eigenvalue weighted by atomic mass is 32.2. The van der Waals surface area contributed by atoms with Gasteiger partial charge in [-0.15, -0.1) is 18.3 Å². The Morgan fingerprint density at radius 2 is 1.86 bits per heavy atom. The Hall–Kier alpha value is -2.58. The first-order chi connectivity index (χ1) is 19.7. The summed E-state index contributed by atoms with van der Waals surface area (Å²) in [4.78, 5) is 46.7. The summed E-state index contributed by atoms with van der Waals surface area (Å²) < 4.78 is 4.72. The molecule has 0 aliphatic carbocycles. The molecule has 42 heavy (non-hydrogen) atoms. The summed E-state index contributed by atoms with van der Waals surface area (Å²) in [6, 6.07) is 8.26. The standard InChI is InChI=1S/C34H48N2O5S/c1-9-16-35(33(7,8)21-32(4,5)6)30(39)28-34-22(3)18-25(42-34)26(31(40)41-17-10-2)27(34)29(38)36(28)24(20-37)19-23-14-12-11-13-15-23/h9-15,22,24-28,37H,1-2,16-21H2,3-8H3/t22?,24-,25+,26-,27+,28?,34?/m1/s1. The van der Waals surface area contributed by atoms with Crippen molar-refractivity contribution in [2.75, 3.05) is 19.8 Å². The van der Waals surface area contributed by atoms with E-state index in [2.05, 4.69) is 54.7 Å². The van der Waals surface area contributed by atoms with Gasteiger partial charge in [0.05, 0.1) is 29.2 Å². The van der Waals surface area contributed by atoms with E-state index >= 15 is 4.79 Å². The van der Waals surface area contributed by atoms with Crippen molar-refractivity contribution in [1.82, 2.24) is 9.80 Å². The van der Waals surface area contributed by atoms with Gasteiger partial charge in [0.2, 0.25) is 11.8 Å². The third kappa shape index (κ3) is 5.69. The Kier molecular flexibility index (Phi) is 9.39. The lowest BCUT2D eigenvalue weighted by atomic mass is 9.66. The van der Waals surface area contributed by atoms with Crippen LogP contribution in [0.2, 0.25) is 0 Å². The maximum atomic E-state index is 15.1. The largest absolute Gasteiger partial charge is 0.461 e. The smallest absolute Gasteiger partial charge is 0.311 e. The van der Waals surface area contributed by atoms with Crippen molar-refractivity contribution in [2.24, 2.45) is 23.2 Å². The van der Waals surface area contributed by atoms with Crippen LogP contribution in [0.3, 0.4) is 0 Å². The molecule has 0 saturated carbocycles. The zero-order valence-electron chi connectivity index (χ0n) is 26.0. The van der Waals surface area contributed by atoms with Gasteiger partial charge >= 0.3 is 5.97 Å². The van der Waals surface area contributed by atoms with Crippen LogP contribution >= 0.6 is 11.8 Å². The van der Waals surface area contributed by atoms with Crippen LogP contribution in [-0.2, 0) is 25.5 Å². The Balaban J connectivity index is 1.85. The molecule has 4 rings (SSSR count). The molecule has 0 aromatic heterocycles. The number of aliphatic hydroxyl groups is 1. The van der Waals surface area contributed by atoms with Gasteiger partial charge in [-0.25, -0.2) is 0 Å². The Bertz CT molecular complexity index is 1190. The molecule has 230 valence electrons. The molecule has 8 heteroatoms. The van der Waals surface area contributed by atoms with Gasteiger partial charge < -0.3 is 19.6 Å². The molecule has 7 nitrogen and oxygen atoms in total. The molecule has 1 spiro atoms. The number of ether oxygens (including phenoxy) is 1. The summed E-state index contributed by atoms with van der Waals surface area (Å²) in [5.41, 5.74) is 0.380. The van der Waals surface area contributed by atoms with Crippen LogP contribution in [-0.4, -0.2) is 80.1 Å². The minimum absolute atomic E-state index is 0.0104. The second-order valence-corrected chi connectivity index (χ2v) is 15.6. The number of carbonyl (C=O) groups is 3. The van der Waals surface area contributed by atoms with Gasteiger partial charge in [-0.05, 0) is 50.0 Å². The van der Waals surface area contributed by atoms with E-state index in [-0.39, 0.29) is 41.6 Å². The Morgan fingerprint density at radius 3 is 2.43 bits per heavy atom. The Labute approximate surface area is 255 Å². The molecule has 2 amide bonds. The minimum Gasteiger partial charge on any atom is -0.461 e. The predicted octanol–water partition coefficient (Wildman–Crippen LogP) is 4.89. The lowest BCUT2D eigenvalue weighted by Crippen LogP contribution is -2.63. The number of hydrogen-bond acceptors (Lipinski definition) is 6. The van der Waals surface area contributed by atoms with E-state index in [0.717, 1.165) is 18.4 Å². The fourth-order valence-corrected chi connectivity index (χ4v) is 10.5. The van der Waals surface area contributed by atoms with E-state index in [9.17, 15) is 14.7 Å². The molecule has 3 unspecified atom stereocenters. The maximum absolute atomic E-state index is 15.1. The van der Waals surface area contributed by atoms with Crippen molar-refractivity contribution in [3.8, 4) is 0 Å². The van der Waals surface area contributed by atoms with E-state index in [0.29, 0.717) is 13.0 Å². The number of aliphatic hydroxyl groups excluding tert-OH is 1. The zero-order chi connectivity index (χ0) is 31.0. The number of carbonyl (C=O) groups excluding carboxylic acids is 3. The number of benzene rings is 1. The summed E-state index contributed by atoms with van der Waals surface area (Å²) >= 11 is 1.62. The molecule has 3 aliphatic heterocycles. The monoisotopic (exact) mass is 596 g/mol. The minimum atomic E-state index is -0.836. The Morgan fingerprint density at radius 1 is 1.19 bits per heavy atom. The number of nitrogens with zero attached hydrogens (tertiary/aromatic N) is 2. The van der Waals surface area contributed by atoms with Crippen LogP contribution in [0.15, 0.2) is 55.6 Å². The summed E-state index contributed by atoms with van der Waals surface area (Å²) in [5.74, 6) is -2.14. The number of likely N-dealkylation sites (tertiary alicyclic amines) is 1. The van der Waals surface area contributed by atoms with E-state index in [1.54, 1.807) is 22.7 Å². The lowest BCUT2D eigenvalue weighted by Gasteiger charge is -2.47. The second kappa shape index (κ2) is 12.2. The molecule has 1 aromatic rings. The highest BCUT2D eigenvalue weighted by molar-refractivity contribution is 8.02. The number of hydrogen-bond donors (Lipinski definition) is 1. The maximum Gasteiger partial charge on any atom is 0.311 e. The molecule has 7 atom stereocenters. The van der Waals surface area contributed by atoms with Crippen molar-refractivity contribution in [3.05, 3.63) is 61.2 Å². The predicted molar refractivity (Wildman–Crippen MR) is 168 cm³/mol. The van der Waals surface area contributed by atoms with Crippen LogP contribution in [0.4, 0.5) is 0 Å². The van der Waals surface area contributed by atoms with Gasteiger partial charge in [-0.1, -0.05) is 76.8 Å². The van der Waals surface area contributed by atoms with Gasteiger partial charge in [0.25, 0.3) is 0 Å². The number of thioether (sulfide) groups is 1. The first kappa shape index (κ1) is 32.3. The molecular weight excluding hydrogens is 548 g/mol. The summed E-state index contributed by atoms with van der Waals surface area (Å²) in [5, 5.41) is 10.7. The first-order valence-corrected chi connectivity index (χ1v) is 16.0. The average molecular weight is 597 g/mol. The fourth-order valence-electron chi connectivity index (χ4n) is 8.08. The van der Waals surface area contributed by atoms with Gasteiger partial charge in [-0.3, -0.25) is 14.4 Å². The third-order valence-corrected chi connectivity index (χ3v) is 11.3. The van der Waals surface area contributed by atoms with Crippen molar-refractivity contribution in [3.63, 3.8) is 0 Å². The molecular formula is C34H48N2O5S. The number of amides is 2. The van der Waals surface area contributed by atoms with Gasteiger partial charge in [0.15, 0.2) is 0 Å². The highest BCUT2D eigenvalue weighted by Crippen LogP contribution is 2.69. The summed E-state index contributed by atoms with van der Waals surface area (Å²) in [6.45, 7) is 20.4. The quantitative estimate of drug-likeness (QED) is 0.273. The molecule has 1 aromatic carbocycles. The van der Waals surface area contributed by atoms with Crippen LogP contribution in [0.25, 0.3) is 0 Å². The van der Waals surface area contributed by atoms with Crippen molar-refractivity contribution < 1.29 is 24.2 Å². The van der Waals surface area contributed by atoms with E-state index in [1.165, 1.54) is 6.08 Å². The fraction of sp³-hybridized carbons (Fsp3) is 0.618. The molecule has 3 heterocycles. The summed E-state index contributed by atoms with van der Waals surface area (Å²) in [7, 11) is 0. The van der Waals surface area contributed by atoms with E-state index in [1.807, 2.05) is 35.2 Å². The first-order valence-electron chi connectivity index (χ1n) is 15.1. The molecule has 2 bridgehead atoms. The van der Waals surface area contributed by atoms with Crippen molar-refractivity contribution >= 4 is 29.5 Å². The molecule has 0 radical (unpaired) electrons. The molecule has 3 fully saturated rings. The molecule has 3 aliphatic rings. The lowest BCUT2D eigenvalue weighted by molar-refractivity contribution is -0.154. The van der Waals surface area contributed by atoms with Crippen molar-refractivity contribution in [1.29, 1.82) is 0 Å². The van der Waals surface area contributed by atoms with Crippen molar-refractivity contribution in [2.45, 2.75) is 88.4 Å². The number of fused-ring (bicyclic) bond motifs is 1. The summed E-state index contributed by atoms with van der Waals surface area (Å²) in [6.07, 6.45) is 5.12. The zero-order valence-corrected chi connectivity index (χ0v) is 26.9. The van der Waals surface area contributed by atoms with Crippen LogP contribution < -0.4 is 0 Å². The topological polar surface area (TPSA) is 87.2 Å².